The Morgan fingerprint density at radius 2 is 1.17 bits per heavy atom. The molecule has 0 saturated heterocycles. The summed E-state index contributed by atoms with van der Waals surface area (Å²) in [6, 6.07) is 0. The third-order valence-electron chi connectivity index (χ3n) is 0. The fourth-order valence-electron chi connectivity index (χ4n) is 0. The molecule has 0 aliphatic rings. The van der Waals surface area contributed by atoms with Crippen molar-refractivity contribution in [3.63, 3.8) is 0 Å². The molecule has 0 aromatic rings. The number of hydrogen-bond donors (Lipinski definition) is 0. The molecule has 0 N–H and O–H groups in total. The molecule has 0 bridgehead atoms. The molecule has 0 fully saturated rings. The summed E-state index contributed by atoms with van der Waals surface area (Å²) in [4.78, 5) is 0. The standard InChI is InChI=1S/4O.Ti.Zr. The van der Waals surface area contributed by atoms with Gasteiger partial charge in [0.15, 0.2) is 0 Å². The summed E-state index contributed by atoms with van der Waals surface area (Å²) in [5.74, 6) is 0. The van der Waals surface area contributed by atoms with Crippen LogP contribution in [0.25, 0.3) is 0 Å². The van der Waals surface area contributed by atoms with Gasteiger partial charge in [-0.15, -0.1) is 0 Å². The fraction of sp³-hybridized carbons (Fsp3) is 0. The summed E-state index contributed by atoms with van der Waals surface area (Å²) in [5.41, 5.74) is 0. The van der Waals surface area contributed by atoms with Crippen LogP contribution in [0.3, 0.4) is 0 Å². The van der Waals surface area contributed by atoms with Crippen LogP contribution in [0.5, 0.6) is 0 Å². The quantitative estimate of drug-likeness (QED) is 0.498. The predicted octanol–water partition coefficient (Wildman–Crippen LogP) is -0.480. The Bertz CT molecular complexity index is 61.5. The molecule has 0 aromatic heterocycles. The molecular formula is O4TiZr. The normalized spacial score (nSPS) is 2.67. The summed E-state index contributed by atoms with van der Waals surface area (Å²) in [7, 11) is 0. The van der Waals surface area contributed by atoms with E-state index in [1.807, 2.05) is 0 Å². The van der Waals surface area contributed by atoms with Crippen LogP contribution in [-0.4, -0.2) is 0 Å². The topological polar surface area (TPSA) is 68.3 Å². The van der Waals surface area contributed by atoms with E-state index >= 15 is 0 Å². The van der Waals surface area contributed by atoms with Gasteiger partial charge in [-0.3, -0.25) is 0 Å². The Morgan fingerprint density at radius 1 is 1.17 bits per heavy atom. The van der Waals surface area contributed by atoms with Crippen molar-refractivity contribution in [1.82, 2.24) is 0 Å². The molecule has 32 valence electrons. The molecule has 6 heteroatoms. The third kappa shape index (κ3) is 109. The molecule has 0 amide bonds. The first-order chi connectivity index (χ1) is 2.83. The molecule has 0 radical (unpaired) electrons. The van der Waals surface area contributed by atoms with E-state index in [2.05, 4.69) is 0 Å². The minimum absolute atomic E-state index is 2.00. The fourth-order valence-corrected chi connectivity index (χ4v) is 0. The molecule has 0 heterocycles. The Labute approximate surface area is 54.3 Å². The van der Waals surface area contributed by atoms with E-state index in [4.69, 9.17) is 12.3 Å². The summed E-state index contributed by atoms with van der Waals surface area (Å²) >= 11 is -4.27. The van der Waals surface area contributed by atoms with Gasteiger partial charge in [0.1, 0.15) is 0 Å². The van der Waals surface area contributed by atoms with Crippen molar-refractivity contribution in [2.24, 2.45) is 0 Å². The van der Waals surface area contributed by atoms with Gasteiger partial charge in [0, 0.05) is 0 Å². The first-order valence-corrected chi connectivity index (χ1v) is 4.10. The summed E-state index contributed by atoms with van der Waals surface area (Å²) in [6.07, 6.45) is 0. The third-order valence-corrected chi connectivity index (χ3v) is 0. The average Bonchev–Trinajstić information content (AvgIpc) is 1.39. The second-order valence-electron chi connectivity index (χ2n) is 0.167. The van der Waals surface area contributed by atoms with Crippen molar-refractivity contribution < 1.29 is 54.6 Å². The second kappa shape index (κ2) is 17.1. The Morgan fingerprint density at radius 3 is 1.17 bits per heavy atom. The van der Waals surface area contributed by atoms with Crippen molar-refractivity contribution in [3.8, 4) is 0 Å². The molecule has 0 saturated carbocycles. The van der Waals surface area contributed by atoms with Crippen LogP contribution in [-0.2, 0) is 54.6 Å². The van der Waals surface area contributed by atoms with Crippen molar-refractivity contribution in [1.29, 1.82) is 0 Å². The molecule has 0 aliphatic carbocycles. The van der Waals surface area contributed by atoms with Gasteiger partial charge in [0.25, 0.3) is 0 Å². The summed E-state index contributed by atoms with van der Waals surface area (Å²) in [6.45, 7) is 0. The molecule has 4 nitrogen and oxygen atoms in total. The van der Waals surface area contributed by atoms with Gasteiger partial charge in [-0.1, -0.05) is 0 Å². The van der Waals surface area contributed by atoms with Crippen LogP contribution >= 0.6 is 0 Å². The Kier molecular flexibility index (Phi) is 28.2. The maximum absolute atomic E-state index is 8.54. The van der Waals surface area contributed by atoms with Crippen molar-refractivity contribution in [3.05, 3.63) is 0 Å². The molecule has 0 atom stereocenters. The number of rotatable bonds is 0. The monoisotopic (exact) mass is 202 g/mol. The van der Waals surface area contributed by atoms with E-state index in [0.717, 1.165) is 0 Å². The molecule has 0 rings (SSSR count). The van der Waals surface area contributed by atoms with E-state index in [1.54, 1.807) is 0 Å². The van der Waals surface area contributed by atoms with Gasteiger partial charge < -0.3 is 0 Å². The van der Waals surface area contributed by atoms with Crippen LogP contribution in [0.4, 0.5) is 0 Å². The van der Waals surface area contributed by atoms with Gasteiger partial charge in [-0.25, -0.2) is 0 Å². The summed E-state index contributed by atoms with van der Waals surface area (Å²) in [5, 5.41) is 0. The van der Waals surface area contributed by atoms with Gasteiger partial charge in [-0.2, -0.15) is 0 Å². The van der Waals surface area contributed by atoms with E-state index in [0.29, 0.717) is 0 Å². The molecule has 0 spiro atoms. The maximum atomic E-state index is 8.54. The van der Waals surface area contributed by atoms with Gasteiger partial charge in [0.05, 0.1) is 0 Å². The van der Waals surface area contributed by atoms with E-state index in [1.165, 1.54) is 0 Å². The van der Waals surface area contributed by atoms with Crippen molar-refractivity contribution in [2.75, 3.05) is 0 Å². The zero-order valence-corrected chi connectivity index (χ0v) is 6.65. The number of hydrogen-bond acceptors (Lipinski definition) is 4. The predicted molar refractivity (Wildman–Crippen MR) is 2.75 cm³/mol. The minimum atomic E-state index is -2.27. The zero-order chi connectivity index (χ0) is 5.41. The van der Waals surface area contributed by atoms with Crippen molar-refractivity contribution in [2.45, 2.75) is 0 Å². The van der Waals surface area contributed by atoms with Crippen LogP contribution < -0.4 is 0 Å². The van der Waals surface area contributed by atoms with Gasteiger partial charge >= 0.3 is 54.6 Å². The molecule has 0 unspecified atom stereocenters. The second-order valence-corrected chi connectivity index (χ2v) is 0.837. The van der Waals surface area contributed by atoms with Gasteiger partial charge in [-0.05, 0) is 0 Å². The van der Waals surface area contributed by atoms with Gasteiger partial charge in [0.2, 0.25) is 0 Å². The van der Waals surface area contributed by atoms with Crippen LogP contribution in [0.15, 0.2) is 0 Å². The average molecular weight is 203 g/mol. The first-order valence-electron chi connectivity index (χ1n) is 0.816. The van der Waals surface area contributed by atoms with Crippen LogP contribution in [0.2, 0.25) is 0 Å². The van der Waals surface area contributed by atoms with E-state index in [9.17, 15) is 0 Å². The van der Waals surface area contributed by atoms with E-state index < -0.39 is 42.3 Å². The molecule has 6 heavy (non-hydrogen) atoms. The van der Waals surface area contributed by atoms with E-state index in [-0.39, 0.29) is 0 Å². The SMILES string of the molecule is [O]=[Ti]=[O].[O]=[Zr]=[O]. The zero-order valence-electron chi connectivity index (χ0n) is 2.63. The Hall–Kier alpha value is 0.797. The Balaban J connectivity index is 0. The molecule has 0 aromatic carbocycles. The molecule has 0 aliphatic heterocycles. The first kappa shape index (κ1) is 9.93. The molecular weight excluding hydrogens is 203 g/mol. The van der Waals surface area contributed by atoms with Crippen molar-refractivity contribution >= 4 is 0 Å². The van der Waals surface area contributed by atoms with Crippen LogP contribution in [0.1, 0.15) is 0 Å². The summed E-state index contributed by atoms with van der Waals surface area (Å²) < 4.78 is 34.1. The van der Waals surface area contributed by atoms with Crippen LogP contribution in [0, 0.1) is 0 Å².